The summed E-state index contributed by atoms with van der Waals surface area (Å²) in [5.74, 6) is -0.119. The number of ether oxygens (including phenoxy) is 1. The number of hydrogen-bond acceptors (Lipinski definition) is 6. The highest BCUT2D eigenvalue weighted by molar-refractivity contribution is 8.00. The molecule has 0 aliphatic rings. The first kappa shape index (κ1) is 24.0. The van der Waals surface area contributed by atoms with Gasteiger partial charge >= 0.3 is 0 Å². The van der Waals surface area contributed by atoms with E-state index in [1.54, 1.807) is 73.7 Å². The summed E-state index contributed by atoms with van der Waals surface area (Å²) in [6.45, 7) is 4.18. The summed E-state index contributed by atoms with van der Waals surface area (Å²) >= 11 is 1.18. The van der Waals surface area contributed by atoms with Crippen molar-refractivity contribution < 1.29 is 14.3 Å². The van der Waals surface area contributed by atoms with Crippen LogP contribution in [-0.2, 0) is 4.79 Å². The quantitative estimate of drug-likeness (QED) is 0.286. The number of hydrogen-bond donors (Lipinski definition) is 2. The number of carbonyl (C=O) groups excluding carboxylic acids is 2. The molecule has 0 saturated heterocycles. The smallest absolute Gasteiger partial charge is 0.266 e. The number of nitrogens with zero attached hydrogens (tertiary/aromatic N) is 2. The highest BCUT2D eigenvalue weighted by atomic mass is 32.2. The minimum atomic E-state index is -0.576. The maximum Gasteiger partial charge on any atom is 0.266 e. The molecule has 178 valence electrons. The first-order valence-corrected chi connectivity index (χ1v) is 11.9. The number of carbonyl (C=O) groups is 2. The zero-order valence-corrected chi connectivity index (χ0v) is 20.0. The van der Waals surface area contributed by atoms with Crippen LogP contribution < -0.4 is 21.3 Å². The zero-order valence-electron chi connectivity index (χ0n) is 19.2. The Morgan fingerprint density at radius 3 is 2.40 bits per heavy atom. The van der Waals surface area contributed by atoms with Crippen LogP contribution in [0.25, 0.3) is 16.6 Å². The first-order chi connectivity index (χ1) is 16.9. The summed E-state index contributed by atoms with van der Waals surface area (Å²) < 4.78 is 7.02. The summed E-state index contributed by atoms with van der Waals surface area (Å²) in [6, 6.07) is 20.6. The summed E-state index contributed by atoms with van der Waals surface area (Å²) in [7, 11) is 0. The molecule has 3 N–H and O–H groups in total. The van der Waals surface area contributed by atoms with Crippen molar-refractivity contribution in [1.29, 1.82) is 0 Å². The number of aromatic nitrogens is 2. The van der Waals surface area contributed by atoms with Crippen molar-refractivity contribution in [2.75, 3.05) is 11.9 Å². The summed E-state index contributed by atoms with van der Waals surface area (Å²) in [5, 5.41) is 3.12. The summed E-state index contributed by atoms with van der Waals surface area (Å²) in [5.41, 5.74) is 7.09. The van der Waals surface area contributed by atoms with E-state index >= 15 is 0 Å². The van der Waals surface area contributed by atoms with Gasteiger partial charge in [-0.15, -0.1) is 0 Å². The molecule has 1 aromatic heterocycles. The fourth-order valence-electron chi connectivity index (χ4n) is 3.45. The maximum absolute atomic E-state index is 13.4. The number of thioether (sulfide) groups is 1. The number of benzene rings is 3. The molecule has 0 spiro atoms. The number of rotatable bonds is 8. The van der Waals surface area contributed by atoms with E-state index in [0.717, 1.165) is 0 Å². The van der Waals surface area contributed by atoms with Crippen LogP contribution in [0.15, 0.2) is 82.7 Å². The van der Waals surface area contributed by atoms with Gasteiger partial charge in [-0.2, -0.15) is 0 Å². The van der Waals surface area contributed by atoms with Gasteiger partial charge in [-0.1, -0.05) is 23.9 Å². The normalized spacial score (nSPS) is 11.7. The highest BCUT2D eigenvalue weighted by Crippen LogP contribution is 2.27. The van der Waals surface area contributed by atoms with Gasteiger partial charge in [0.15, 0.2) is 5.16 Å². The van der Waals surface area contributed by atoms with E-state index in [1.807, 2.05) is 13.0 Å². The molecule has 0 fully saturated rings. The second-order valence-electron chi connectivity index (χ2n) is 7.67. The molecular weight excluding hydrogens is 464 g/mol. The first-order valence-electron chi connectivity index (χ1n) is 11.0. The third kappa shape index (κ3) is 5.36. The summed E-state index contributed by atoms with van der Waals surface area (Å²) in [6.07, 6.45) is 0. The molecule has 4 rings (SSSR count). The SMILES string of the molecule is CCOc1ccc(-n2c(SC(C)C(=O)Nc3ccc(C(N)=O)cc3)nc3ccccc3c2=O)cc1. The van der Waals surface area contributed by atoms with E-state index in [4.69, 9.17) is 15.5 Å². The van der Waals surface area contributed by atoms with Crippen molar-refractivity contribution >= 4 is 40.2 Å². The Kier molecular flexibility index (Phi) is 7.17. The molecule has 3 aromatic carbocycles. The van der Waals surface area contributed by atoms with Crippen molar-refractivity contribution in [1.82, 2.24) is 9.55 Å². The Labute approximate surface area is 206 Å². The predicted octanol–water partition coefficient (Wildman–Crippen LogP) is 4.00. The summed E-state index contributed by atoms with van der Waals surface area (Å²) in [4.78, 5) is 42.3. The van der Waals surface area contributed by atoms with E-state index < -0.39 is 11.2 Å². The van der Waals surface area contributed by atoms with Crippen LogP contribution >= 0.6 is 11.8 Å². The Bertz CT molecular complexity index is 1430. The lowest BCUT2D eigenvalue weighted by atomic mass is 10.2. The van der Waals surface area contributed by atoms with Gasteiger partial charge in [0.05, 0.1) is 28.4 Å². The van der Waals surface area contributed by atoms with E-state index in [1.165, 1.54) is 16.3 Å². The van der Waals surface area contributed by atoms with Gasteiger partial charge in [0.25, 0.3) is 5.56 Å². The molecule has 4 aromatic rings. The highest BCUT2D eigenvalue weighted by Gasteiger charge is 2.20. The number of nitrogens with two attached hydrogens (primary N) is 1. The molecule has 0 bridgehead atoms. The number of fused-ring (bicyclic) bond motifs is 1. The molecule has 1 heterocycles. The average Bonchev–Trinajstić information content (AvgIpc) is 2.85. The van der Waals surface area contributed by atoms with Gasteiger partial charge in [-0.3, -0.25) is 19.0 Å². The van der Waals surface area contributed by atoms with Crippen LogP contribution in [0.2, 0.25) is 0 Å². The Morgan fingerprint density at radius 1 is 1.06 bits per heavy atom. The van der Waals surface area contributed by atoms with Gasteiger partial charge in [0.2, 0.25) is 11.8 Å². The number of anilines is 1. The number of nitrogens with one attached hydrogen (secondary N) is 1. The third-order valence-electron chi connectivity index (χ3n) is 5.24. The lowest BCUT2D eigenvalue weighted by molar-refractivity contribution is -0.115. The molecule has 0 saturated carbocycles. The van der Waals surface area contributed by atoms with Crippen molar-refractivity contribution in [3.05, 3.63) is 88.7 Å². The van der Waals surface area contributed by atoms with E-state index in [9.17, 15) is 14.4 Å². The van der Waals surface area contributed by atoms with Crippen LogP contribution in [0.3, 0.4) is 0 Å². The maximum atomic E-state index is 13.4. The van der Waals surface area contributed by atoms with E-state index in [0.29, 0.717) is 45.4 Å². The van der Waals surface area contributed by atoms with Gasteiger partial charge in [-0.25, -0.2) is 4.98 Å². The van der Waals surface area contributed by atoms with Crippen molar-refractivity contribution in [2.24, 2.45) is 5.73 Å². The fourth-order valence-corrected chi connectivity index (χ4v) is 4.38. The molecule has 9 heteroatoms. The van der Waals surface area contributed by atoms with Gasteiger partial charge in [0, 0.05) is 11.3 Å². The fraction of sp³-hybridized carbons (Fsp3) is 0.154. The Morgan fingerprint density at radius 2 is 1.74 bits per heavy atom. The van der Waals surface area contributed by atoms with Crippen LogP contribution in [0.5, 0.6) is 5.75 Å². The van der Waals surface area contributed by atoms with Gasteiger partial charge < -0.3 is 15.8 Å². The van der Waals surface area contributed by atoms with Gasteiger partial charge in [0.1, 0.15) is 5.75 Å². The Balaban J connectivity index is 1.65. The lowest BCUT2D eigenvalue weighted by Gasteiger charge is -2.17. The molecule has 8 nitrogen and oxygen atoms in total. The Hall–Kier alpha value is -4.11. The van der Waals surface area contributed by atoms with E-state index in [-0.39, 0.29) is 11.5 Å². The number of amides is 2. The monoisotopic (exact) mass is 488 g/mol. The lowest BCUT2D eigenvalue weighted by Crippen LogP contribution is -2.26. The van der Waals surface area contributed by atoms with Crippen LogP contribution in [0.1, 0.15) is 24.2 Å². The minimum absolute atomic E-state index is 0.225. The average molecular weight is 489 g/mol. The second kappa shape index (κ2) is 10.4. The molecule has 2 amide bonds. The van der Waals surface area contributed by atoms with E-state index in [2.05, 4.69) is 5.32 Å². The van der Waals surface area contributed by atoms with Crippen LogP contribution in [-0.4, -0.2) is 33.2 Å². The van der Waals surface area contributed by atoms with Crippen LogP contribution in [0.4, 0.5) is 5.69 Å². The molecule has 1 atom stereocenters. The molecule has 0 radical (unpaired) electrons. The molecular formula is C26H24N4O4S. The molecule has 35 heavy (non-hydrogen) atoms. The van der Waals surface area contributed by atoms with Gasteiger partial charge in [-0.05, 0) is 74.5 Å². The standard InChI is InChI=1S/C26H24N4O4S/c1-3-34-20-14-12-19(13-15-20)30-25(33)21-6-4-5-7-22(21)29-26(30)35-16(2)24(32)28-18-10-8-17(9-11-18)23(27)31/h4-16H,3H2,1-2H3,(H2,27,31)(H,28,32). The number of para-hydroxylation sites is 1. The zero-order chi connectivity index (χ0) is 24.9. The van der Waals surface area contributed by atoms with Crippen LogP contribution in [0, 0.1) is 0 Å². The number of primary amides is 1. The third-order valence-corrected chi connectivity index (χ3v) is 6.29. The van der Waals surface area contributed by atoms with Crippen molar-refractivity contribution in [3.8, 4) is 11.4 Å². The predicted molar refractivity (Wildman–Crippen MR) is 137 cm³/mol. The molecule has 1 unspecified atom stereocenters. The van der Waals surface area contributed by atoms with Crippen molar-refractivity contribution in [3.63, 3.8) is 0 Å². The van der Waals surface area contributed by atoms with Crippen molar-refractivity contribution in [2.45, 2.75) is 24.3 Å². The topological polar surface area (TPSA) is 116 Å². The molecule has 0 aliphatic heterocycles. The second-order valence-corrected chi connectivity index (χ2v) is 8.98. The largest absolute Gasteiger partial charge is 0.494 e. The minimum Gasteiger partial charge on any atom is -0.494 e. The molecule has 0 aliphatic carbocycles.